The Kier molecular flexibility index (Phi) is 4.86. The summed E-state index contributed by atoms with van der Waals surface area (Å²) in [7, 11) is 0. The number of likely N-dealkylation sites (tertiary alicyclic amines) is 1. The van der Waals surface area contributed by atoms with Crippen LogP contribution in [0.25, 0.3) is 22.5 Å². The summed E-state index contributed by atoms with van der Waals surface area (Å²) in [6, 6.07) is 5.65. The number of amides is 1. The van der Waals surface area contributed by atoms with Crippen LogP contribution < -0.4 is 0 Å². The molecule has 0 bridgehead atoms. The maximum absolute atomic E-state index is 13.6. The van der Waals surface area contributed by atoms with Crippen LogP contribution in [0.5, 0.6) is 0 Å². The first kappa shape index (κ1) is 19.0. The number of carbonyl (C=O) groups is 1. The van der Waals surface area contributed by atoms with E-state index in [1.165, 1.54) is 0 Å². The van der Waals surface area contributed by atoms with Gasteiger partial charge in [0.25, 0.3) is 5.91 Å². The van der Waals surface area contributed by atoms with Crippen molar-refractivity contribution in [2.75, 3.05) is 13.1 Å². The molecule has 4 aromatic rings. The monoisotopic (exact) mass is 421 g/mol. The molecule has 1 atom stereocenters. The van der Waals surface area contributed by atoms with Gasteiger partial charge >= 0.3 is 0 Å². The molecule has 30 heavy (non-hydrogen) atoms. The molecule has 0 saturated carbocycles. The van der Waals surface area contributed by atoms with Gasteiger partial charge in [-0.05, 0) is 44.9 Å². The highest BCUT2D eigenvalue weighted by Crippen LogP contribution is 2.31. The average molecular weight is 422 g/mol. The van der Waals surface area contributed by atoms with Crippen molar-refractivity contribution in [1.29, 1.82) is 0 Å². The summed E-state index contributed by atoms with van der Waals surface area (Å²) >= 11 is 1.66. The van der Waals surface area contributed by atoms with Crippen LogP contribution in [-0.4, -0.2) is 43.6 Å². The Hall–Kier alpha value is -3.00. The number of pyridine rings is 1. The minimum absolute atomic E-state index is 0.0137. The maximum Gasteiger partial charge on any atom is 0.254 e. The standard InChI is InChI=1S/C22H23N5O2S/c1-14(2)27-20-17(12-24-27)16(11-18(25-20)19-6-4-9-29-19)22(28)26-8-3-5-15(13-26)21-23-7-10-30-21/h4,6-7,9-12,14-15H,3,5,8,13H2,1-2H3. The maximum atomic E-state index is 13.6. The molecule has 154 valence electrons. The van der Waals surface area contributed by atoms with E-state index in [4.69, 9.17) is 9.40 Å². The van der Waals surface area contributed by atoms with Gasteiger partial charge < -0.3 is 9.32 Å². The molecule has 1 aliphatic rings. The van der Waals surface area contributed by atoms with Crippen molar-refractivity contribution in [3.63, 3.8) is 0 Å². The van der Waals surface area contributed by atoms with Crippen LogP contribution in [0, 0.1) is 0 Å². The summed E-state index contributed by atoms with van der Waals surface area (Å²) in [6.07, 6.45) is 7.24. The largest absolute Gasteiger partial charge is 0.463 e. The zero-order valence-corrected chi connectivity index (χ0v) is 17.8. The Bertz CT molecular complexity index is 1160. The van der Waals surface area contributed by atoms with Crippen molar-refractivity contribution in [3.05, 3.63) is 52.8 Å². The van der Waals surface area contributed by atoms with E-state index < -0.39 is 0 Å². The van der Waals surface area contributed by atoms with Crippen LogP contribution in [0.2, 0.25) is 0 Å². The van der Waals surface area contributed by atoms with Gasteiger partial charge in [0.15, 0.2) is 11.4 Å². The summed E-state index contributed by atoms with van der Waals surface area (Å²) in [5.74, 6) is 0.949. The molecule has 1 saturated heterocycles. The van der Waals surface area contributed by atoms with Crippen LogP contribution in [-0.2, 0) is 0 Å². The van der Waals surface area contributed by atoms with E-state index in [9.17, 15) is 4.79 Å². The van der Waals surface area contributed by atoms with Gasteiger partial charge in [0.05, 0.1) is 28.4 Å². The Labute approximate surface area is 178 Å². The molecule has 7 nitrogen and oxygen atoms in total. The minimum atomic E-state index is 0.0137. The van der Waals surface area contributed by atoms with Gasteiger partial charge in [-0.1, -0.05) is 0 Å². The molecule has 0 spiro atoms. The smallest absolute Gasteiger partial charge is 0.254 e. The molecule has 1 unspecified atom stereocenters. The molecular formula is C22H23N5O2S. The Morgan fingerprint density at radius 1 is 1.37 bits per heavy atom. The molecular weight excluding hydrogens is 398 g/mol. The van der Waals surface area contributed by atoms with Crippen molar-refractivity contribution in [2.45, 2.75) is 38.6 Å². The van der Waals surface area contributed by atoms with Gasteiger partial charge in [-0.2, -0.15) is 5.10 Å². The average Bonchev–Trinajstić information content (AvgIpc) is 3.53. The Balaban J connectivity index is 1.56. The molecule has 5 rings (SSSR count). The molecule has 1 fully saturated rings. The highest BCUT2D eigenvalue weighted by molar-refractivity contribution is 7.09. The number of carbonyl (C=O) groups excluding carboxylic acids is 1. The third-order valence-corrected chi connectivity index (χ3v) is 6.51. The number of nitrogens with zero attached hydrogens (tertiary/aromatic N) is 5. The number of hydrogen-bond donors (Lipinski definition) is 0. The van der Waals surface area contributed by atoms with Crippen LogP contribution in [0.3, 0.4) is 0 Å². The van der Waals surface area contributed by atoms with Gasteiger partial charge in [0.1, 0.15) is 5.69 Å². The fourth-order valence-corrected chi connectivity index (χ4v) is 4.86. The van der Waals surface area contributed by atoms with E-state index in [1.807, 2.05) is 39.4 Å². The zero-order valence-electron chi connectivity index (χ0n) is 17.0. The quantitative estimate of drug-likeness (QED) is 0.475. The first-order chi connectivity index (χ1) is 14.6. The summed E-state index contributed by atoms with van der Waals surface area (Å²) < 4.78 is 7.42. The SMILES string of the molecule is CC(C)n1ncc2c(C(=O)N3CCCC(c4nccs4)C3)cc(-c3ccco3)nc21. The molecule has 4 aromatic heterocycles. The fourth-order valence-electron chi connectivity index (χ4n) is 4.09. The molecule has 0 aromatic carbocycles. The minimum Gasteiger partial charge on any atom is -0.463 e. The Morgan fingerprint density at radius 2 is 2.27 bits per heavy atom. The third-order valence-electron chi connectivity index (χ3n) is 5.57. The Morgan fingerprint density at radius 3 is 3.00 bits per heavy atom. The van der Waals surface area contributed by atoms with Gasteiger partial charge in [0, 0.05) is 36.6 Å². The number of fused-ring (bicyclic) bond motifs is 1. The number of piperidine rings is 1. The first-order valence-electron chi connectivity index (χ1n) is 10.2. The van der Waals surface area contributed by atoms with Crippen LogP contribution in [0.15, 0.2) is 46.7 Å². The molecule has 5 heterocycles. The predicted octanol–water partition coefficient (Wildman–Crippen LogP) is 4.75. The summed E-state index contributed by atoms with van der Waals surface area (Å²) in [6.45, 7) is 5.54. The number of aromatic nitrogens is 4. The lowest BCUT2D eigenvalue weighted by Crippen LogP contribution is -2.39. The van der Waals surface area contributed by atoms with E-state index in [0.29, 0.717) is 35.1 Å². The van der Waals surface area contributed by atoms with E-state index in [-0.39, 0.29) is 11.9 Å². The summed E-state index contributed by atoms with van der Waals surface area (Å²) in [5, 5.41) is 8.39. The molecule has 1 amide bonds. The lowest BCUT2D eigenvalue weighted by molar-refractivity contribution is 0.0709. The lowest BCUT2D eigenvalue weighted by Gasteiger charge is -2.32. The van der Waals surface area contributed by atoms with Crippen molar-refractivity contribution in [1.82, 2.24) is 24.6 Å². The van der Waals surface area contributed by atoms with Crippen molar-refractivity contribution < 1.29 is 9.21 Å². The highest BCUT2D eigenvalue weighted by atomic mass is 32.1. The molecule has 8 heteroatoms. The number of thiazole rings is 1. The van der Waals surface area contributed by atoms with E-state index in [1.54, 1.807) is 23.8 Å². The first-order valence-corrected chi connectivity index (χ1v) is 11.1. The molecule has 0 N–H and O–H groups in total. The molecule has 0 radical (unpaired) electrons. The number of rotatable bonds is 4. The number of hydrogen-bond acceptors (Lipinski definition) is 6. The second-order valence-corrected chi connectivity index (χ2v) is 8.84. The second kappa shape index (κ2) is 7.68. The molecule has 0 aliphatic carbocycles. The normalized spacial score (nSPS) is 17.2. The highest BCUT2D eigenvalue weighted by Gasteiger charge is 2.29. The van der Waals surface area contributed by atoms with Gasteiger partial charge in [0.2, 0.25) is 0 Å². The van der Waals surface area contributed by atoms with Crippen molar-refractivity contribution >= 4 is 28.3 Å². The second-order valence-electron chi connectivity index (χ2n) is 7.91. The van der Waals surface area contributed by atoms with E-state index >= 15 is 0 Å². The van der Waals surface area contributed by atoms with Crippen LogP contribution in [0.1, 0.15) is 54.0 Å². The topological polar surface area (TPSA) is 77.0 Å². The van der Waals surface area contributed by atoms with Gasteiger partial charge in [-0.15, -0.1) is 11.3 Å². The zero-order chi connectivity index (χ0) is 20.7. The third kappa shape index (κ3) is 3.31. The number of furan rings is 1. The van der Waals surface area contributed by atoms with Crippen LogP contribution >= 0.6 is 11.3 Å². The predicted molar refractivity (Wildman–Crippen MR) is 116 cm³/mol. The van der Waals surface area contributed by atoms with Crippen molar-refractivity contribution in [3.8, 4) is 11.5 Å². The van der Waals surface area contributed by atoms with E-state index in [0.717, 1.165) is 29.8 Å². The van der Waals surface area contributed by atoms with Gasteiger partial charge in [-0.25, -0.2) is 14.6 Å². The van der Waals surface area contributed by atoms with Crippen LogP contribution in [0.4, 0.5) is 0 Å². The summed E-state index contributed by atoms with van der Waals surface area (Å²) in [4.78, 5) is 24.8. The molecule has 1 aliphatic heterocycles. The van der Waals surface area contributed by atoms with Crippen molar-refractivity contribution in [2.24, 2.45) is 0 Å². The lowest BCUT2D eigenvalue weighted by atomic mass is 9.97. The van der Waals surface area contributed by atoms with Gasteiger partial charge in [-0.3, -0.25) is 4.79 Å². The van der Waals surface area contributed by atoms with E-state index in [2.05, 4.69) is 23.9 Å². The fraction of sp³-hybridized carbons (Fsp3) is 0.364. The summed E-state index contributed by atoms with van der Waals surface area (Å²) in [5.41, 5.74) is 1.97.